The van der Waals surface area contributed by atoms with Crippen molar-refractivity contribution in [3.8, 4) is 50.2 Å². The van der Waals surface area contributed by atoms with Crippen LogP contribution in [0.3, 0.4) is 0 Å². The fourth-order valence-corrected chi connectivity index (χ4v) is 10.9. The molecule has 0 unspecified atom stereocenters. The van der Waals surface area contributed by atoms with Crippen LogP contribution in [0.25, 0.3) is 72.0 Å². The normalized spacial score (nSPS) is 12.9. The molecule has 0 saturated carbocycles. The standard InChI is InChI=1S/C61H40N2/c1-3-18-41(19-4-1)43-22-15-23-44(36-43)46-25-17-27-48(38-46)62(47-26-16-24-45(37-47)42-20-5-2-6-21-42)49-39-53-52-30-9-13-34-58(52)63-59-35-14-12-33-56(59)61(57(40-49)60(53)63)54-31-10-7-28-50(54)51-29-8-11-32-55(51)61/h1-40H. The highest BCUT2D eigenvalue weighted by molar-refractivity contribution is 6.14. The summed E-state index contributed by atoms with van der Waals surface area (Å²) in [5, 5.41) is 2.48. The topological polar surface area (TPSA) is 8.17 Å². The summed E-state index contributed by atoms with van der Waals surface area (Å²) >= 11 is 0. The molecule has 0 saturated heterocycles. The molecule has 2 nitrogen and oxygen atoms in total. The van der Waals surface area contributed by atoms with Gasteiger partial charge in [-0.1, -0.05) is 188 Å². The first-order valence-corrected chi connectivity index (χ1v) is 21.8. The highest BCUT2D eigenvalue weighted by Crippen LogP contribution is 2.62. The molecule has 0 amide bonds. The maximum absolute atomic E-state index is 2.54. The van der Waals surface area contributed by atoms with Gasteiger partial charge in [0.25, 0.3) is 0 Å². The fourth-order valence-electron chi connectivity index (χ4n) is 10.9. The van der Waals surface area contributed by atoms with E-state index in [1.54, 1.807) is 0 Å². The number of anilines is 3. The number of hydrogen-bond acceptors (Lipinski definition) is 1. The molecule has 0 N–H and O–H groups in total. The number of hydrogen-bond donors (Lipinski definition) is 0. The monoisotopic (exact) mass is 800 g/mol. The van der Waals surface area contributed by atoms with Crippen LogP contribution in [0.15, 0.2) is 243 Å². The zero-order valence-corrected chi connectivity index (χ0v) is 34.5. The van der Waals surface area contributed by atoms with E-state index in [0.717, 1.165) is 22.6 Å². The second-order valence-electron chi connectivity index (χ2n) is 16.8. The lowest BCUT2D eigenvalue weighted by Gasteiger charge is -2.40. The van der Waals surface area contributed by atoms with E-state index in [1.807, 2.05) is 0 Å². The van der Waals surface area contributed by atoms with Crippen LogP contribution in [0.1, 0.15) is 22.3 Å². The van der Waals surface area contributed by atoms with E-state index in [9.17, 15) is 0 Å². The van der Waals surface area contributed by atoms with Crippen LogP contribution in [-0.2, 0) is 5.41 Å². The van der Waals surface area contributed by atoms with Gasteiger partial charge < -0.3 is 9.47 Å². The molecule has 2 aliphatic rings. The Bertz CT molecular complexity index is 3530. The molecular formula is C61H40N2. The van der Waals surface area contributed by atoms with Crippen LogP contribution in [-0.4, -0.2) is 4.57 Å². The molecule has 0 atom stereocenters. The summed E-state index contributed by atoms with van der Waals surface area (Å²) in [4.78, 5) is 2.49. The van der Waals surface area contributed by atoms with Crippen molar-refractivity contribution in [2.45, 2.75) is 5.41 Å². The van der Waals surface area contributed by atoms with Crippen molar-refractivity contribution in [2.75, 3.05) is 4.90 Å². The molecule has 0 fully saturated rings. The molecule has 294 valence electrons. The van der Waals surface area contributed by atoms with Crippen LogP contribution in [0.4, 0.5) is 17.1 Å². The molecule has 2 heterocycles. The molecule has 13 rings (SSSR count). The van der Waals surface area contributed by atoms with Gasteiger partial charge in [-0.2, -0.15) is 0 Å². The Labute approximate surface area is 367 Å². The second-order valence-corrected chi connectivity index (χ2v) is 16.8. The summed E-state index contributed by atoms with van der Waals surface area (Å²) in [6.07, 6.45) is 0. The number of rotatable bonds is 6. The van der Waals surface area contributed by atoms with E-state index >= 15 is 0 Å². The molecule has 10 aromatic carbocycles. The summed E-state index contributed by atoms with van der Waals surface area (Å²) in [5.41, 5.74) is 21.4. The number of para-hydroxylation sites is 2. The minimum Gasteiger partial charge on any atom is -0.310 e. The summed E-state index contributed by atoms with van der Waals surface area (Å²) < 4.78 is 2.54. The van der Waals surface area contributed by atoms with E-state index in [-0.39, 0.29) is 0 Å². The second kappa shape index (κ2) is 13.9. The minimum absolute atomic E-state index is 0.556. The Morgan fingerprint density at radius 1 is 0.302 bits per heavy atom. The summed E-state index contributed by atoms with van der Waals surface area (Å²) in [7, 11) is 0. The predicted octanol–water partition coefficient (Wildman–Crippen LogP) is 15.9. The van der Waals surface area contributed by atoms with Gasteiger partial charge in [0, 0.05) is 27.8 Å². The van der Waals surface area contributed by atoms with Crippen LogP contribution in [0.2, 0.25) is 0 Å². The van der Waals surface area contributed by atoms with Gasteiger partial charge in [-0.3, -0.25) is 0 Å². The zero-order valence-electron chi connectivity index (χ0n) is 34.5. The lowest BCUT2D eigenvalue weighted by Crippen LogP contribution is -2.33. The molecule has 0 radical (unpaired) electrons. The van der Waals surface area contributed by atoms with E-state index < -0.39 is 5.41 Å². The number of fused-ring (bicyclic) bond motifs is 12. The third-order valence-electron chi connectivity index (χ3n) is 13.5. The molecule has 0 bridgehead atoms. The Morgan fingerprint density at radius 2 is 0.778 bits per heavy atom. The van der Waals surface area contributed by atoms with Crippen molar-refractivity contribution >= 4 is 38.9 Å². The van der Waals surface area contributed by atoms with Crippen molar-refractivity contribution in [3.05, 3.63) is 265 Å². The maximum Gasteiger partial charge on any atom is 0.0755 e. The van der Waals surface area contributed by atoms with Crippen molar-refractivity contribution in [3.63, 3.8) is 0 Å². The quantitative estimate of drug-likeness (QED) is 0.163. The van der Waals surface area contributed by atoms with E-state index in [2.05, 4.69) is 252 Å². The number of nitrogens with zero attached hydrogens (tertiary/aromatic N) is 2. The van der Waals surface area contributed by atoms with E-state index in [1.165, 1.54) is 88.7 Å². The first-order chi connectivity index (χ1) is 31.3. The van der Waals surface area contributed by atoms with Crippen molar-refractivity contribution in [2.24, 2.45) is 0 Å². The van der Waals surface area contributed by atoms with Crippen LogP contribution in [0, 0.1) is 0 Å². The van der Waals surface area contributed by atoms with Crippen molar-refractivity contribution < 1.29 is 0 Å². The number of aromatic nitrogens is 1. The molecule has 11 aromatic rings. The maximum atomic E-state index is 2.54. The smallest absolute Gasteiger partial charge is 0.0755 e. The Balaban J connectivity index is 1.12. The van der Waals surface area contributed by atoms with Crippen molar-refractivity contribution in [1.29, 1.82) is 0 Å². The lowest BCUT2D eigenvalue weighted by molar-refractivity contribution is 0.748. The SMILES string of the molecule is c1ccc(-c2cccc(-c3cccc(N(c4cccc(-c5ccccc5)c4)c4cc5c6c(c4)c4ccccc4n6-c4ccccc4C54c5ccccc5-c5ccccc54)c3)c2)cc1. The lowest BCUT2D eigenvalue weighted by atomic mass is 9.65. The average molecular weight is 801 g/mol. The van der Waals surface area contributed by atoms with Crippen LogP contribution >= 0.6 is 0 Å². The average Bonchev–Trinajstić information content (AvgIpc) is 3.85. The van der Waals surface area contributed by atoms with Gasteiger partial charge in [-0.25, -0.2) is 0 Å². The van der Waals surface area contributed by atoms with Gasteiger partial charge in [0.05, 0.1) is 22.1 Å². The largest absolute Gasteiger partial charge is 0.310 e. The fraction of sp³-hybridized carbons (Fsp3) is 0.0164. The Morgan fingerprint density at radius 3 is 1.43 bits per heavy atom. The van der Waals surface area contributed by atoms with Gasteiger partial charge in [0.2, 0.25) is 0 Å². The number of benzene rings is 10. The predicted molar refractivity (Wildman–Crippen MR) is 263 cm³/mol. The molecule has 1 aliphatic heterocycles. The summed E-state index contributed by atoms with van der Waals surface area (Å²) in [6.45, 7) is 0. The summed E-state index contributed by atoms with van der Waals surface area (Å²) in [6, 6.07) is 89.7. The van der Waals surface area contributed by atoms with Gasteiger partial charge in [-0.05, 0) is 121 Å². The van der Waals surface area contributed by atoms with Crippen LogP contribution < -0.4 is 4.90 Å². The Kier molecular flexibility index (Phi) is 7.85. The Hall–Kier alpha value is -8.20. The molecule has 1 spiro atoms. The van der Waals surface area contributed by atoms with E-state index in [4.69, 9.17) is 0 Å². The highest BCUT2D eigenvalue weighted by Gasteiger charge is 2.51. The van der Waals surface area contributed by atoms with Crippen molar-refractivity contribution in [1.82, 2.24) is 4.57 Å². The summed E-state index contributed by atoms with van der Waals surface area (Å²) in [5.74, 6) is 0. The first kappa shape index (κ1) is 35.5. The molecule has 2 heteroatoms. The molecule has 1 aliphatic carbocycles. The first-order valence-electron chi connectivity index (χ1n) is 21.8. The van der Waals surface area contributed by atoms with Crippen LogP contribution in [0.5, 0.6) is 0 Å². The minimum atomic E-state index is -0.556. The third kappa shape index (κ3) is 5.25. The highest BCUT2D eigenvalue weighted by atomic mass is 15.1. The zero-order chi connectivity index (χ0) is 41.5. The molecule has 63 heavy (non-hydrogen) atoms. The third-order valence-corrected chi connectivity index (χ3v) is 13.5. The molecular weight excluding hydrogens is 761 g/mol. The molecule has 1 aromatic heterocycles. The van der Waals surface area contributed by atoms with Gasteiger partial charge in [0.15, 0.2) is 0 Å². The van der Waals surface area contributed by atoms with Gasteiger partial charge >= 0.3 is 0 Å². The van der Waals surface area contributed by atoms with Gasteiger partial charge in [-0.15, -0.1) is 0 Å². The van der Waals surface area contributed by atoms with E-state index in [0.29, 0.717) is 0 Å². The van der Waals surface area contributed by atoms with Gasteiger partial charge in [0.1, 0.15) is 0 Å².